The monoisotopic (exact) mass is 385 g/mol. The molecule has 8 heteroatoms. The van der Waals surface area contributed by atoms with Crippen LogP contribution < -0.4 is 9.64 Å². The van der Waals surface area contributed by atoms with Crippen molar-refractivity contribution in [3.63, 3.8) is 0 Å². The van der Waals surface area contributed by atoms with Crippen LogP contribution in [-0.4, -0.2) is 34.2 Å². The highest BCUT2D eigenvalue weighted by Gasteiger charge is 2.14. The molecule has 3 aromatic rings. The minimum Gasteiger partial charge on any atom is -0.494 e. The molecule has 0 saturated carbocycles. The van der Waals surface area contributed by atoms with Crippen molar-refractivity contribution < 1.29 is 17.7 Å². The van der Waals surface area contributed by atoms with Gasteiger partial charge < -0.3 is 9.64 Å². The van der Waals surface area contributed by atoms with Crippen molar-refractivity contribution in [2.24, 2.45) is 10.2 Å². The van der Waals surface area contributed by atoms with E-state index in [4.69, 9.17) is 4.74 Å². The second-order valence-electron chi connectivity index (χ2n) is 6.06. The molecule has 0 unspecified atom stereocenters. The summed E-state index contributed by atoms with van der Waals surface area (Å²) in [5, 5.41) is 10.7. The van der Waals surface area contributed by atoms with Gasteiger partial charge in [-0.2, -0.15) is 8.42 Å². The normalized spacial score (nSPS) is 11.9. The molecule has 0 spiro atoms. The van der Waals surface area contributed by atoms with Gasteiger partial charge in [0.25, 0.3) is 10.1 Å². The molecule has 140 valence electrons. The summed E-state index contributed by atoms with van der Waals surface area (Å²) in [5.74, 6) is 0.195. The molecule has 0 amide bonds. The molecule has 3 aromatic carbocycles. The van der Waals surface area contributed by atoms with E-state index >= 15 is 0 Å². The SMILES string of the molecule is COc1cc(S(=O)(=O)O)ccc1N=Nc1c(N(C)C)ccc2ccccc12. The van der Waals surface area contributed by atoms with Gasteiger partial charge in [0.2, 0.25) is 0 Å². The Balaban J connectivity index is 2.12. The lowest BCUT2D eigenvalue weighted by Gasteiger charge is -2.16. The molecule has 0 atom stereocenters. The van der Waals surface area contributed by atoms with Crippen molar-refractivity contribution in [2.45, 2.75) is 4.90 Å². The topological polar surface area (TPSA) is 91.6 Å². The van der Waals surface area contributed by atoms with Crippen molar-refractivity contribution in [1.29, 1.82) is 0 Å². The number of rotatable bonds is 5. The minimum atomic E-state index is -4.32. The third-order valence-corrected chi connectivity index (χ3v) is 4.92. The summed E-state index contributed by atoms with van der Waals surface area (Å²) in [4.78, 5) is 1.68. The summed E-state index contributed by atoms with van der Waals surface area (Å²) < 4.78 is 37.0. The van der Waals surface area contributed by atoms with Gasteiger partial charge in [0, 0.05) is 25.5 Å². The van der Waals surface area contributed by atoms with Crippen LogP contribution in [0.1, 0.15) is 0 Å². The summed E-state index contributed by atoms with van der Waals surface area (Å²) in [6.07, 6.45) is 0. The predicted molar refractivity (Wildman–Crippen MR) is 105 cm³/mol. The van der Waals surface area contributed by atoms with Crippen molar-refractivity contribution in [3.05, 3.63) is 54.6 Å². The van der Waals surface area contributed by atoms with Crippen LogP contribution in [0.5, 0.6) is 5.75 Å². The lowest BCUT2D eigenvalue weighted by atomic mass is 10.1. The molecular weight excluding hydrogens is 366 g/mol. The molecule has 1 N–H and O–H groups in total. The molecule has 0 radical (unpaired) electrons. The van der Waals surface area contributed by atoms with Crippen LogP contribution in [0.2, 0.25) is 0 Å². The number of methoxy groups -OCH3 is 1. The quantitative estimate of drug-likeness (QED) is 0.513. The highest BCUT2D eigenvalue weighted by molar-refractivity contribution is 7.85. The van der Waals surface area contributed by atoms with Crippen LogP contribution in [-0.2, 0) is 10.1 Å². The number of nitrogens with zero attached hydrogens (tertiary/aromatic N) is 3. The number of azo groups is 1. The fraction of sp³-hybridized carbons (Fsp3) is 0.158. The van der Waals surface area contributed by atoms with Gasteiger partial charge in [-0.25, -0.2) is 0 Å². The lowest BCUT2D eigenvalue weighted by Crippen LogP contribution is -2.08. The molecule has 0 aliphatic rings. The summed E-state index contributed by atoms with van der Waals surface area (Å²) in [5.41, 5.74) is 1.94. The number of fused-ring (bicyclic) bond motifs is 1. The van der Waals surface area contributed by atoms with Gasteiger partial charge in [0.05, 0.1) is 17.7 Å². The molecule has 7 nitrogen and oxygen atoms in total. The van der Waals surface area contributed by atoms with Crippen LogP contribution >= 0.6 is 0 Å². The Labute approximate surface area is 157 Å². The molecule has 0 bridgehead atoms. The van der Waals surface area contributed by atoms with Crippen molar-refractivity contribution >= 4 is 38.0 Å². The van der Waals surface area contributed by atoms with Gasteiger partial charge in [-0.05, 0) is 23.6 Å². The minimum absolute atomic E-state index is 0.195. The van der Waals surface area contributed by atoms with Gasteiger partial charge in [-0.3, -0.25) is 4.55 Å². The van der Waals surface area contributed by atoms with E-state index in [1.54, 1.807) is 0 Å². The molecule has 27 heavy (non-hydrogen) atoms. The van der Waals surface area contributed by atoms with Crippen LogP contribution in [0.15, 0.2) is 69.7 Å². The Morgan fingerprint density at radius 1 is 1.00 bits per heavy atom. The van der Waals surface area contributed by atoms with Crippen LogP contribution in [0.4, 0.5) is 17.1 Å². The van der Waals surface area contributed by atoms with Gasteiger partial charge in [-0.15, -0.1) is 10.2 Å². The van der Waals surface area contributed by atoms with E-state index in [0.29, 0.717) is 11.4 Å². The molecule has 0 heterocycles. The Morgan fingerprint density at radius 2 is 1.74 bits per heavy atom. The predicted octanol–water partition coefficient (Wildman–Crippen LogP) is 4.58. The Kier molecular flexibility index (Phi) is 5.11. The number of benzene rings is 3. The Hall–Kier alpha value is -2.97. The van der Waals surface area contributed by atoms with E-state index < -0.39 is 10.1 Å². The average Bonchev–Trinajstić information content (AvgIpc) is 2.64. The van der Waals surface area contributed by atoms with Crippen LogP contribution in [0.3, 0.4) is 0 Å². The maximum atomic E-state index is 11.3. The average molecular weight is 385 g/mol. The first-order valence-corrected chi connectivity index (χ1v) is 9.51. The fourth-order valence-corrected chi connectivity index (χ4v) is 3.21. The fourth-order valence-electron chi connectivity index (χ4n) is 2.71. The second-order valence-corrected chi connectivity index (χ2v) is 7.48. The van der Waals surface area contributed by atoms with E-state index in [2.05, 4.69) is 10.2 Å². The number of ether oxygens (including phenoxy) is 1. The molecule has 0 aromatic heterocycles. The molecule has 0 aliphatic carbocycles. The highest BCUT2D eigenvalue weighted by Crippen LogP contribution is 2.38. The third-order valence-electron chi connectivity index (χ3n) is 4.07. The molecule has 0 saturated heterocycles. The summed E-state index contributed by atoms with van der Waals surface area (Å²) in [7, 11) is 0.912. The molecular formula is C19H19N3O4S. The third kappa shape index (κ3) is 3.91. The van der Waals surface area contributed by atoms with E-state index in [9.17, 15) is 13.0 Å². The van der Waals surface area contributed by atoms with Crippen LogP contribution in [0.25, 0.3) is 10.8 Å². The molecule has 0 aliphatic heterocycles. The van der Waals surface area contributed by atoms with E-state index in [-0.39, 0.29) is 10.6 Å². The van der Waals surface area contributed by atoms with Gasteiger partial charge >= 0.3 is 0 Å². The lowest BCUT2D eigenvalue weighted by molar-refractivity contribution is 0.413. The standard InChI is InChI=1S/C19H19N3O4S/c1-22(2)17-11-8-13-6-4-5-7-15(13)19(17)21-20-16-10-9-14(27(23,24)25)12-18(16)26-3/h4-12H,1-3H3,(H,23,24,25). The van der Waals surface area contributed by atoms with E-state index in [1.165, 1.54) is 25.3 Å². The summed E-state index contributed by atoms with van der Waals surface area (Å²) >= 11 is 0. The first kappa shape index (κ1) is 18.8. The number of hydrogen-bond donors (Lipinski definition) is 1. The van der Waals surface area contributed by atoms with Crippen molar-refractivity contribution in [1.82, 2.24) is 0 Å². The van der Waals surface area contributed by atoms with Gasteiger partial charge in [0.15, 0.2) is 0 Å². The zero-order valence-electron chi connectivity index (χ0n) is 15.1. The number of hydrogen-bond acceptors (Lipinski definition) is 6. The van der Waals surface area contributed by atoms with Crippen molar-refractivity contribution in [2.75, 3.05) is 26.1 Å². The summed E-state index contributed by atoms with van der Waals surface area (Å²) in [6, 6.07) is 15.7. The maximum Gasteiger partial charge on any atom is 0.294 e. The van der Waals surface area contributed by atoms with E-state index in [1.807, 2.05) is 55.4 Å². The molecule has 3 rings (SSSR count). The second kappa shape index (κ2) is 7.34. The largest absolute Gasteiger partial charge is 0.494 e. The summed E-state index contributed by atoms with van der Waals surface area (Å²) in [6.45, 7) is 0. The Morgan fingerprint density at radius 3 is 2.41 bits per heavy atom. The molecule has 0 fully saturated rings. The van der Waals surface area contributed by atoms with E-state index in [0.717, 1.165) is 16.5 Å². The zero-order valence-corrected chi connectivity index (χ0v) is 15.9. The van der Waals surface area contributed by atoms with Crippen molar-refractivity contribution in [3.8, 4) is 5.75 Å². The zero-order chi connectivity index (χ0) is 19.6. The maximum absolute atomic E-state index is 11.3. The smallest absolute Gasteiger partial charge is 0.294 e. The van der Waals surface area contributed by atoms with Gasteiger partial charge in [-0.1, -0.05) is 30.3 Å². The van der Waals surface area contributed by atoms with Gasteiger partial charge in [0.1, 0.15) is 17.1 Å². The highest BCUT2D eigenvalue weighted by atomic mass is 32.2. The number of anilines is 1. The van der Waals surface area contributed by atoms with Crippen LogP contribution in [0, 0.1) is 0 Å². The Bertz CT molecular complexity index is 1130. The first-order chi connectivity index (χ1) is 12.8. The first-order valence-electron chi connectivity index (χ1n) is 8.07.